The highest BCUT2D eigenvalue weighted by molar-refractivity contribution is 5.95. The Morgan fingerprint density at radius 3 is 2.45 bits per heavy atom. The predicted molar refractivity (Wildman–Crippen MR) is 68.4 cm³/mol. The van der Waals surface area contributed by atoms with Crippen LogP contribution < -0.4 is 4.90 Å². The zero-order chi connectivity index (χ0) is 14.8. The molecule has 1 atom stereocenters. The van der Waals surface area contributed by atoms with E-state index in [0.29, 0.717) is 31.9 Å². The molecule has 0 radical (unpaired) electrons. The maximum Gasteiger partial charge on any atom is 0.416 e. The largest absolute Gasteiger partial charge is 0.416 e. The van der Waals surface area contributed by atoms with Crippen molar-refractivity contribution in [3.63, 3.8) is 0 Å². The van der Waals surface area contributed by atoms with E-state index in [9.17, 15) is 18.0 Å². The van der Waals surface area contributed by atoms with Crippen molar-refractivity contribution in [2.75, 3.05) is 24.7 Å². The molecule has 1 amide bonds. The molecule has 0 bridgehead atoms. The van der Waals surface area contributed by atoms with Gasteiger partial charge in [-0.2, -0.15) is 13.2 Å². The fourth-order valence-electron chi connectivity index (χ4n) is 2.25. The lowest BCUT2D eigenvalue weighted by molar-refractivity contribution is -0.137. The van der Waals surface area contributed by atoms with Gasteiger partial charge in [-0.3, -0.25) is 4.79 Å². The number of alkyl halides is 3. The third-order valence-electron chi connectivity index (χ3n) is 3.37. The van der Waals surface area contributed by atoms with Crippen LogP contribution in [0.1, 0.15) is 18.9 Å². The Bertz CT molecular complexity index is 464. The van der Waals surface area contributed by atoms with E-state index in [1.165, 1.54) is 17.0 Å². The number of nitrogens with zero attached hydrogens (tertiary/aromatic N) is 1. The van der Waals surface area contributed by atoms with Crippen LogP contribution in [0.3, 0.4) is 0 Å². The minimum Gasteiger partial charge on any atom is -0.381 e. The molecule has 0 aromatic heterocycles. The Balaban J connectivity index is 2.17. The van der Waals surface area contributed by atoms with Gasteiger partial charge in [-0.25, -0.2) is 0 Å². The molecule has 110 valence electrons. The van der Waals surface area contributed by atoms with E-state index in [2.05, 4.69) is 0 Å². The summed E-state index contributed by atoms with van der Waals surface area (Å²) in [5, 5.41) is 0. The monoisotopic (exact) mass is 287 g/mol. The van der Waals surface area contributed by atoms with Gasteiger partial charge in [-0.1, -0.05) is 0 Å². The number of hydrogen-bond donors (Lipinski definition) is 0. The Morgan fingerprint density at radius 1 is 1.35 bits per heavy atom. The molecule has 0 saturated carbocycles. The lowest BCUT2D eigenvalue weighted by Gasteiger charge is -2.24. The van der Waals surface area contributed by atoms with Crippen LogP contribution >= 0.6 is 0 Å². The van der Waals surface area contributed by atoms with Crippen LogP contribution in [0.25, 0.3) is 0 Å². The summed E-state index contributed by atoms with van der Waals surface area (Å²) in [6.07, 6.45) is -3.70. The fraction of sp³-hybridized carbons (Fsp3) is 0.500. The predicted octanol–water partition coefficient (Wildman–Crippen LogP) is 3.09. The van der Waals surface area contributed by atoms with Gasteiger partial charge in [0.25, 0.3) is 0 Å². The number of benzene rings is 1. The molecule has 1 saturated heterocycles. The number of amides is 1. The number of hydrogen-bond acceptors (Lipinski definition) is 2. The van der Waals surface area contributed by atoms with Gasteiger partial charge in [0.1, 0.15) is 0 Å². The van der Waals surface area contributed by atoms with Crippen LogP contribution in [0.15, 0.2) is 24.3 Å². The number of carbonyl (C=O) groups excluding carboxylic acids is 1. The molecule has 20 heavy (non-hydrogen) atoms. The van der Waals surface area contributed by atoms with E-state index >= 15 is 0 Å². The first-order valence-electron chi connectivity index (χ1n) is 6.50. The molecule has 1 aromatic carbocycles. The second-order valence-electron chi connectivity index (χ2n) is 4.69. The molecule has 6 heteroatoms. The molecule has 0 unspecified atom stereocenters. The minimum atomic E-state index is -4.36. The Kier molecular flexibility index (Phi) is 4.32. The van der Waals surface area contributed by atoms with Crippen LogP contribution in [-0.2, 0) is 15.7 Å². The zero-order valence-corrected chi connectivity index (χ0v) is 11.1. The summed E-state index contributed by atoms with van der Waals surface area (Å²) in [5.74, 6) is -0.290. The van der Waals surface area contributed by atoms with Gasteiger partial charge >= 0.3 is 6.18 Å². The van der Waals surface area contributed by atoms with Crippen molar-refractivity contribution in [1.82, 2.24) is 0 Å². The van der Waals surface area contributed by atoms with Crippen molar-refractivity contribution in [1.29, 1.82) is 0 Å². The van der Waals surface area contributed by atoms with Crippen LogP contribution in [0, 0.1) is 5.92 Å². The van der Waals surface area contributed by atoms with Gasteiger partial charge in [0.05, 0.1) is 18.1 Å². The minimum absolute atomic E-state index is 0.0928. The van der Waals surface area contributed by atoms with Gasteiger partial charge in [-0.05, 0) is 37.6 Å². The summed E-state index contributed by atoms with van der Waals surface area (Å²) in [7, 11) is 0. The second-order valence-corrected chi connectivity index (χ2v) is 4.69. The molecule has 0 spiro atoms. The van der Waals surface area contributed by atoms with E-state index < -0.39 is 11.7 Å². The first-order valence-corrected chi connectivity index (χ1v) is 6.50. The highest BCUT2D eigenvalue weighted by Crippen LogP contribution is 2.31. The van der Waals surface area contributed by atoms with Crippen molar-refractivity contribution in [3.05, 3.63) is 29.8 Å². The molecule has 0 N–H and O–H groups in total. The lowest BCUT2D eigenvalue weighted by atomic mass is 10.1. The quantitative estimate of drug-likeness (QED) is 0.855. The van der Waals surface area contributed by atoms with Gasteiger partial charge < -0.3 is 9.64 Å². The first-order chi connectivity index (χ1) is 9.43. The highest BCUT2D eigenvalue weighted by Gasteiger charge is 2.31. The molecule has 0 aliphatic carbocycles. The Morgan fingerprint density at radius 2 is 2.00 bits per heavy atom. The number of anilines is 1. The maximum absolute atomic E-state index is 12.5. The van der Waals surface area contributed by atoms with Gasteiger partial charge in [0.15, 0.2) is 0 Å². The summed E-state index contributed by atoms with van der Waals surface area (Å²) < 4.78 is 42.7. The molecular weight excluding hydrogens is 271 g/mol. The number of halogens is 3. The van der Waals surface area contributed by atoms with Crippen LogP contribution in [0.2, 0.25) is 0 Å². The van der Waals surface area contributed by atoms with Crippen LogP contribution in [-0.4, -0.2) is 25.7 Å². The van der Waals surface area contributed by atoms with E-state index in [-0.39, 0.29) is 11.8 Å². The topological polar surface area (TPSA) is 29.5 Å². The number of ether oxygens (including phenoxy) is 1. The van der Waals surface area contributed by atoms with Crippen LogP contribution in [0.5, 0.6) is 0 Å². The normalized spacial score (nSPS) is 19.1. The smallest absolute Gasteiger partial charge is 0.381 e. The summed E-state index contributed by atoms with van der Waals surface area (Å²) in [5.41, 5.74) is -0.230. The highest BCUT2D eigenvalue weighted by atomic mass is 19.4. The molecule has 1 fully saturated rings. The lowest BCUT2D eigenvalue weighted by Crippen LogP contribution is -2.36. The fourth-order valence-corrected chi connectivity index (χ4v) is 2.25. The van der Waals surface area contributed by atoms with Crippen molar-refractivity contribution < 1.29 is 22.7 Å². The summed E-state index contributed by atoms with van der Waals surface area (Å²) in [6, 6.07) is 4.66. The first kappa shape index (κ1) is 14.8. The van der Waals surface area contributed by atoms with E-state index in [0.717, 1.165) is 12.1 Å². The third kappa shape index (κ3) is 3.12. The molecule has 1 aliphatic rings. The average molecular weight is 287 g/mol. The summed E-state index contributed by atoms with van der Waals surface area (Å²) in [4.78, 5) is 13.8. The third-order valence-corrected chi connectivity index (χ3v) is 3.37. The zero-order valence-electron chi connectivity index (χ0n) is 11.1. The van der Waals surface area contributed by atoms with Crippen molar-refractivity contribution >= 4 is 11.6 Å². The Labute approximate surface area is 115 Å². The summed E-state index contributed by atoms with van der Waals surface area (Å²) in [6.45, 7) is 3.16. The van der Waals surface area contributed by atoms with Crippen molar-refractivity contribution in [3.8, 4) is 0 Å². The second kappa shape index (κ2) is 5.83. The Hall–Kier alpha value is -1.56. The van der Waals surface area contributed by atoms with Crippen molar-refractivity contribution in [2.24, 2.45) is 5.92 Å². The molecular formula is C14H16F3NO2. The average Bonchev–Trinajstić information content (AvgIpc) is 2.93. The molecule has 2 rings (SSSR count). The summed E-state index contributed by atoms with van der Waals surface area (Å²) >= 11 is 0. The molecule has 3 nitrogen and oxygen atoms in total. The van der Waals surface area contributed by atoms with E-state index in [1.54, 1.807) is 6.92 Å². The van der Waals surface area contributed by atoms with E-state index in [1.807, 2.05) is 0 Å². The number of rotatable bonds is 3. The van der Waals surface area contributed by atoms with Gasteiger partial charge in [0.2, 0.25) is 5.91 Å². The molecule has 1 aromatic rings. The number of carbonyl (C=O) groups is 1. The standard InChI is InChI=1S/C14H16F3NO2/c1-2-18(13(19)10-7-8-20-9-10)12-5-3-11(4-6-12)14(15,16)17/h3-6,10H,2,7-9H2,1H3/t10-/m1/s1. The van der Waals surface area contributed by atoms with Crippen LogP contribution in [0.4, 0.5) is 18.9 Å². The van der Waals surface area contributed by atoms with Gasteiger partial charge in [0, 0.05) is 18.8 Å². The van der Waals surface area contributed by atoms with E-state index in [4.69, 9.17) is 4.74 Å². The van der Waals surface area contributed by atoms with Crippen molar-refractivity contribution in [2.45, 2.75) is 19.5 Å². The maximum atomic E-state index is 12.5. The molecule has 1 heterocycles. The molecule has 1 aliphatic heterocycles. The van der Waals surface area contributed by atoms with Gasteiger partial charge in [-0.15, -0.1) is 0 Å². The SMILES string of the molecule is CCN(C(=O)[C@@H]1CCOC1)c1ccc(C(F)(F)F)cc1.